The largest absolute Gasteiger partial charge is 0.461 e. The second kappa shape index (κ2) is 12.7. The van der Waals surface area contributed by atoms with Crippen LogP contribution in [0.4, 0.5) is 0 Å². The number of hydroxylamine groups is 4. The predicted octanol–water partition coefficient (Wildman–Crippen LogP) is 6.95. The normalized spacial score (nSPS) is 23.9. The molecule has 2 aliphatic rings. The molecule has 39 heavy (non-hydrogen) atoms. The van der Waals surface area contributed by atoms with E-state index in [2.05, 4.69) is 6.92 Å². The predicted molar refractivity (Wildman–Crippen MR) is 150 cm³/mol. The second-order valence-corrected chi connectivity index (χ2v) is 14.7. The molecule has 0 amide bonds. The molecule has 2 aliphatic heterocycles. The third-order valence-electron chi connectivity index (χ3n) is 8.85. The van der Waals surface area contributed by atoms with Gasteiger partial charge in [-0.2, -0.15) is 0 Å². The van der Waals surface area contributed by atoms with E-state index in [4.69, 9.17) is 9.47 Å². The van der Waals surface area contributed by atoms with Crippen molar-refractivity contribution in [1.29, 1.82) is 0 Å². The van der Waals surface area contributed by atoms with Crippen LogP contribution in [0.25, 0.3) is 0 Å². The maximum Gasteiger partial charge on any atom is 0.323 e. The van der Waals surface area contributed by atoms with Gasteiger partial charge in [-0.1, -0.05) is 52.4 Å². The van der Waals surface area contributed by atoms with Gasteiger partial charge in [-0.3, -0.25) is 9.59 Å². The van der Waals surface area contributed by atoms with Crippen LogP contribution >= 0.6 is 0 Å². The van der Waals surface area contributed by atoms with Gasteiger partial charge in [0.25, 0.3) is 0 Å². The molecule has 0 unspecified atom stereocenters. The molecule has 8 heteroatoms. The van der Waals surface area contributed by atoms with Gasteiger partial charge in [0.1, 0.15) is 12.2 Å². The molecule has 0 aromatic carbocycles. The van der Waals surface area contributed by atoms with Gasteiger partial charge in [-0.05, 0) is 68.2 Å². The number of esters is 2. The fourth-order valence-corrected chi connectivity index (χ4v) is 6.99. The van der Waals surface area contributed by atoms with Crippen molar-refractivity contribution in [3.8, 4) is 0 Å². The molecule has 8 nitrogen and oxygen atoms in total. The summed E-state index contributed by atoms with van der Waals surface area (Å²) in [7, 11) is 0. The van der Waals surface area contributed by atoms with Crippen LogP contribution in [0.1, 0.15) is 146 Å². The zero-order chi connectivity index (χ0) is 29.9. The van der Waals surface area contributed by atoms with Crippen molar-refractivity contribution in [3.05, 3.63) is 0 Å². The number of hydrogen-bond acceptors (Lipinski definition) is 6. The van der Waals surface area contributed by atoms with E-state index in [0.717, 1.165) is 42.2 Å². The summed E-state index contributed by atoms with van der Waals surface area (Å²) in [4.78, 5) is 28.2. The molecule has 0 aromatic heterocycles. The summed E-state index contributed by atoms with van der Waals surface area (Å²) in [5.74, 6) is -1.04. The maximum absolute atomic E-state index is 14.1. The number of carbonyl (C=O) groups excluding carboxylic acids is 2. The molecule has 226 valence electrons. The van der Waals surface area contributed by atoms with Crippen LogP contribution in [0.3, 0.4) is 0 Å². The highest BCUT2D eigenvalue weighted by Crippen LogP contribution is 2.43. The Morgan fingerprint density at radius 3 is 1.28 bits per heavy atom. The van der Waals surface area contributed by atoms with Gasteiger partial charge in [-0.25, -0.2) is 0 Å². The quantitative estimate of drug-likeness (QED) is 0.147. The smallest absolute Gasteiger partial charge is 0.323 e. The highest BCUT2D eigenvalue weighted by Gasteiger charge is 2.54. The maximum atomic E-state index is 14.1. The Kier molecular flexibility index (Phi) is 11.1. The average molecular weight is 553 g/mol. The first-order valence-corrected chi connectivity index (χ1v) is 15.2. The number of rotatable bonds is 12. The first-order chi connectivity index (χ1) is 17.8. The monoisotopic (exact) mass is 552 g/mol. The third-order valence-corrected chi connectivity index (χ3v) is 8.85. The van der Waals surface area contributed by atoms with E-state index in [1.807, 2.05) is 62.3 Å². The molecule has 0 bridgehead atoms. The SMILES string of the molecule is CCCCCCC(CCCC)(C(=O)OC1CC(C)(C)N([O])C(C)(C)C1)C(=O)OC1CC(C)(C)N([O])C(C)(C)C1. The molecule has 0 atom stereocenters. The number of hydrogen-bond donors (Lipinski definition) is 0. The molecule has 2 saturated heterocycles. The zero-order valence-electron chi connectivity index (χ0n) is 26.5. The minimum absolute atomic E-state index is 0.369. The minimum atomic E-state index is -1.39. The van der Waals surface area contributed by atoms with Crippen LogP contribution < -0.4 is 0 Å². The molecular weight excluding hydrogens is 496 g/mol. The lowest BCUT2D eigenvalue weighted by atomic mass is 9.76. The molecule has 2 rings (SSSR count). The summed E-state index contributed by atoms with van der Waals surface area (Å²) in [6, 6.07) is 0. The summed E-state index contributed by atoms with van der Waals surface area (Å²) in [5.41, 5.74) is -4.16. The van der Waals surface area contributed by atoms with Crippen molar-refractivity contribution in [3.63, 3.8) is 0 Å². The van der Waals surface area contributed by atoms with Crippen molar-refractivity contribution in [1.82, 2.24) is 10.1 Å². The van der Waals surface area contributed by atoms with Crippen molar-refractivity contribution in [2.24, 2.45) is 5.41 Å². The average Bonchev–Trinajstić information content (AvgIpc) is 2.79. The summed E-state index contributed by atoms with van der Waals surface area (Å²) >= 11 is 0. The van der Waals surface area contributed by atoms with Crippen LogP contribution in [-0.2, 0) is 29.5 Å². The number of ether oxygens (including phenoxy) is 2. The van der Waals surface area contributed by atoms with E-state index in [-0.39, 0.29) is 0 Å². The summed E-state index contributed by atoms with van der Waals surface area (Å²) in [6.45, 7) is 19.1. The van der Waals surface area contributed by atoms with Gasteiger partial charge in [-0.15, -0.1) is 20.5 Å². The lowest BCUT2D eigenvalue weighted by Gasteiger charge is -2.50. The fraction of sp³-hybridized carbons (Fsp3) is 0.935. The van der Waals surface area contributed by atoms with Crippen LogP contribution in [0.5, 0.6) is 0 Å². The molecule has 0 aromatic rings. The van der Waals surface area contributed by atoms with Crippen molar-refractivity contribution in [2.45, 2.75) is 181 Å². The van der Waals surface area contributed by atoms with E-state index < -0.39 is 51.7 Å². The van der Waals surface area contributed by atoms with Crippen LogP contribution in [0, 0.1) is 5.41 Å². The van der Waals surface area contributed by atoms with E-state index in [9.17, 15) is 20.0 Å². The van der Waals surface area contributed by atoms with Crippen LogP contribution in [0.15, 0.2) is 0 Å². The van der Waals surface area contributed by atoms with Crippen molar-refractivity contribution >= 4 is 11.9 Å². The van der Waals surface area contributed by atoms with E-state index in [0.29, 0.717) is 44.9 Å². The Labute approximate surface area is 237 Å². The standard InChI is InChI=1S/C31H56N2O6/c1-11-13-15-16-18-31(17-14-12-2,25(34)38-23-19-27(3,4)32(36)28(5,6)20-23)26(35)39-24-21-29(7,8)33(37)30(9,10)22-24/h23-24H,11-22H2,1-10H3. The van der Waals surface area contributed by atoms with Crippen LogP contribution in [0.2, 0.25) is 0 Å². The number of carbonyl (C=O) groups is 2. The van der Waals surface area contributed by atoms with E-state index in [1.54, 1.807) is 0 Å². The Hall–Kier alpha value is -1.22. The van der Waals surface area contributed by atoms with E-state index >= 15 is 0 Å². The van der Waals surface area contributed by atoms with Gasteiger partial charge in [0.05, 0.1) is 0 Å². The van der Waals surface area contributed by atoms with Crippen molar-refractivity contribution in [2.75, 3.05) is 0 Å². The molecular formula is C31H56N2O6. The Balaban J connectivity index is 2.37. The van der Waals surface area contributed by atoms with Gasteiger partial charge in [0, 0.05) is 47.8 Å². The second-order valence-electron chi connectivity index (χ2n) is 14.7. The first-order valence-electron chi connectivity index (χ1n) is 15.2. The van der Waals surface area contributed by atoms with Gasteiger partial charge in [0.2, 0.25) is 0 Å². The minimum Gasteiger partial charge on any atom is -0.461 e. The fourth-order valence-electron chi connectivity index (χ4n) is 6.99. The highest BCUT2D eigenvalue weighted by atomic mass is 16.6. The Morgan fingerprint density at radius 1 is 0.615 bits per heavy atom. The number of piperidine rings is 2. The van der Waals surface area contributed by atoms with Crippen molar-refractivity contribution < 1.29 is 29.5 Å². The van der Waals surface area contributed by atoms with Gasteiger partial charge in [0.15, 0.2) is 5.41 Å². The van der Waals surface area contributed by atoms with E-state index in [1.165, 1.54) is 0 Å². The molecule has 0 spiro atoms. The summed E-state index contributed by atoms with van der Waals surface area (Å²) in [6.07, 6.45) is 6.73. The molecule has 2 fully saturated rings. The molecule has 0 aliphatic carbocycles. The Bertz CT molecular complexity index is 745. The Morgan fingerprint density at radius 2 is 0.949 bits per heavy atom. The summed E-state index contributed by atoms with van der Waals surface area (Å²) < 4.78 is 12.4. The van der Waals surface area contributed by atoms with Gasteiger partial charge < -0.3 is 9.47 Å². The van der Waals surface area contributed by atoms with Gasteiger partial charge >= 0.3 is 11.9 Å². The zero-order valence-corrected chi connectivity index (χ0v) is 26.5. The number of unbranched alkanes of at least 4 members (excludes halogenated alkanes) is 4. The lowest BCUT2D eigenvalue weighted by Crippen LogP contribution is -2.61. The lowest BCUT2D eigenvalue weighted by molar-refractivity contribution is -0.301. The highest BCUT2D eigenvalue weighted by molar-refractivity contribution is 6.00. The molecule has 0 saturated carbocycles. The molecule has 2 radical (unpaired) electrons. The first kappa shape index (κ1) is 34.0. The van der Waals surface area contributed by atoms with Crippen LogP contribution in [-0.4, -0.2) is 56.4 Å². The molecule has 2 heterocycles. The molecule has 0 N–H and O–H groups in total. The number of nitrogens with zero attached hydrogens (tertiary/aromatic N) is 2. The topological polar surface area (TPSA) is 98.9 Å². The summed E-state index contributed by atoms with van der Waals surface area (Å²) in [5, 5.41) is 28.0. The third kappa shape index (κ3) is 7.96.